The van der Waals surface area contributed by atoms with Gasteiger partial charge in [0.2, 0.25) is 0 Å². The van der Waals surface area contributed by atoms with Gasteiger partial charge in [0.25, 0.3) is 6.71 Å². The molecule has 3 aromatic heterocycles. The van der Waals surface area contributed by atoms with Crippen LogP contribution in [0.1, 0.15) is 105 Å². The molecular weight excluding hydrogens is 956 g/mol. The van der Waals surface area contributed by atoms with E-state index in [0.29, 0.717) is 5.82 Å². The Morgan fingerprint density at radius 2 is 0.722 bits per heavy atom. The molecule has 0 saturated carbocycles. The molecule has 0 atom stereocenters. The van der Waals surface area contributed by atoms with Crippen LogP contribution in [0.3, 0.4) is 0 Å². The highest BCUT2D eigenvalue weighted by atomic mass is 15.0. The average Bonchev–Trinajstić information content (AvgIpc) is 3.49. The molecule has 0 amide bonds. The summed E-state index contributed by atoms with van der Waals surface area (Å²) in [6.45, 7) is 28.4. The number of aromatic nitrogens is 4. The van der Waals surface area contributed by atoms with E-state index in [1.165, 1.54) is 116 Å². The molecule has 0 bridgehead atoms. The Morgan fingerprint density at radius 3 is 1.11 bits per heavy atom. The number of nitrogens with zero attached hydrogens (tertiary/aromatic N) is 4. The molecule has 0 unspecified atom stereocenters. The first-order chi connectivity index (χ1) is 37.7. The van der Waals surface area contributed by atoms with Crippen molar-refractivity contribution >= 4 is 66.7 Å². The number of hydrogen-bond donors (Lipinski definition) is 0. The minimum Gasteiger partial charge on any atom is -0.310 e. The highest BCUT2D eigenvalue weighted by Crippen LogP contribution is 2.48. The Balaban J connectivity index is 1.23. The van der Waals surface area contributed by atoms with Crippen molar-refractivity contribution in [3.8, 4) is 67.5 Å². The van der Waals surface area contributed by atoms with Gasteiger partial charge in [0, 0.05) is 60.6 Å². The Hall–Kier alpha value is -8.28. The van der Waals surface area contributed by atoms with Crippen LogP contribution in [-0.4, -0.2) is 25.8 Å². The van der Waals surface area contributed by atoms with Gasteiger partial charge >= 0.3 is 0 Å². The molecule has 0 saturated heterocycles. The molecular formula is C74H67BN4. The molecule has 4 nitrogen and oxygen atoms in total. The molecule has 0 N–H and O–H groups in total. The van der Waals surface area contributed by atoms with Gasteiger partial charge in [0.15, 0.2) is 5.82 Å². The van der Waals surface area contributed by atoms with Crippen molar-refractivity contribution in [1.82, 2.24) is 19.1 Å². The third-order valence-electron chi connectivity index (χ3n) is 17.2. The van der Waals surface area contributed by atoms with Crippen LogP contribution in [0, 0.1) is 0 Å². The maximum Gasteiger partial charge on any atom is 0.252 e. The van der Waals surface area contributed by atoms with Crippen LogP contribution in [-0.2, 0) is 21.7 Å². The fourth-order valence-corrected chi connectivity index (χ4v) is 13.2. The standard InChI is InChI=1S/C74H67BN4/c1-71(2,3)51-39-55(73(7,8)9)65-53-33-48(44-25-17-13-18-26-44)35-57-68(53)78(61(65)41-51)63-37-50(60-43-59(46-29-21-15-22-30-46)76-70(77-60)47-31-23-16-24-32-47)38-64-67(63)75(57)58-36-49(45-27-19-14-20-28-45)34-54-66-56(74(10,11)12)40-52(72(4,5)6)42-62(66)79(64)69(54)58/h13-43H,1-12H3. The van der Waals surface area contributed by atoms with Gasteiger partial charge in [-0.15, -0.1) is 0 Å². The third-order valence-corrected chi connectivity index (χ3v) is 17.2. The van der Waals surface area contributed by atoms with Crippen molar-refractivity contribution in [2.24, 2.45) is 0 Å². The molecule has 14 rings (SSSR count). The van der Waals surface area contributed by atoms with Gasteiger partial charge in [-0.1, -0.05) is 229 Å². The Morgan fingerprint density at radius 1 is 0.342 bits per heavy atom. The van der Waals surface area contributed by atoms with E-state index in [1.807, 2.05) is 0 Å². The second-order valence-corrected chi connectivity index (χ2v) is 26.7. The Bertz CT molecular complexity index is 4200. The highest BCUT2D eigenvalue weighted by Gasteiger charge is 2.43. The zero-order valence-corrected chi connectivity index (χ0v) is 47.8. The van der Waals surface area contributed by atoms with Gasteiger partial charge < -0.3 is 9.13 Å². The SMILES string of the molecule is CC(C)(C)c1cc(C(C)(C)C)c2c3cc(-c4ccccc4)cc4c3n(c2c1)-c1cc(-c2cc(-c3ccccc3)nc(-c3ccccc3)n2)cc2c1B4c1cc(-c3ccccc3)cc3c4c(C(C)(C)C)cc(C(C)(C)C)cc4n-2c13. The van der Waals surface area contributed by atoms with Crippen molar-refractivity contribution < 1.29 is 0 Å². The van der Waals surface area contributed by atoms with Gasteiger partial charge in [-0.05, 0) is 125 Å². The summed E-state index contributed by atoms with van der Waals surface area (Å²) in [4.78, 5) is 10.9. The van der Waals surface area contributed by atoms with E-state index in [2.05, 4.69) is 280 Å². The maximum atomic E-state index is 5.59. The topological polar surface area (TPSA) is 35.6 Å². The summed E-state index contributed by atoms with van der Waals surface area (Å²) >= 11 is 0. The number of rotatable bonds is 5. The van der Waals surface area contributed by atoms with Crippen molar-refractivity contribution in [3.05, 3.63) is 210 Å². The lowest BCUT2D eigenvalue weighted by atomic mass is 9.34. The summed E-state index contributed by atoms with van der Waals surface area (Å²) in [5, 5.41) is 5.23. The smallest absolute Gasteiger partial charge is 0.252 e. The largest absolute Gasteiger partial charge is 0.310 e. The number of fused-ring (bicyclic) bond motifs is 10. The minimum absolute atomic E-state index is 0.109. The third kappa shape index (κ3) is 7.71. The van der Waals surface area contributed by atoms with E-state index in [9.17, 15) is 0 Å². The van der Waals surface area contributed by atoms with E-state index in [4.69, 9.17) is 9.97 Å². The summed E-state index contributed by atoms with van der Waals surface area (Å²) in [6.07, 6.45) is 0. The van der Waals surface area contributed by atoms with Gasteiger partial charge in [-0.3, -0.25) is 0 Å². The van der Waals surface area contributed by atoms with Crippen molar-refractivity contribution in [2.75, 3.05) is 0 Å². The summed E-state index contributed by atoms with van der Waals surface area (Å²) in [5.41, 5.74) is 26.0. The van der Waals surface area contributed by atoms with Gasteiger partial charge in [0.1, 0.15) is 0 Å². The lowest BCUT2D eigenvalue weighted by Crippen LogP contribution is -2.59. The van der Waals surface area contributed by atoms with Crippen LogP contribution >= 0.6 is 0 Å². The lowest BCUT2D eigenvalue weighted by molar-refractivity contribution is 0.572. The maximum absolute atomic E-state index is 5.59. The molecule has 386 valence electrons. The van der Waals surface area contributed by atoms with Crippen molar-refractivity contribution in [1.29, 1.82) is 0 Å². The van der Waals surface area contributed by atoms with E-state index < -0.39 is 0 Å². The fourth-order valence-electron chi connectivity index (χ4n) is 13.2. The van der Waals surface area contributed by atoms with Crippen molar-refractivity contribution in [3.63, 3.8) is 0 Å². The summed E-state index contributed by atoms with van der Waals surface area (Å²) in [5.74, 6) is 0.704. The second-order valence-electron chi connectivity index (χ2n) is 26.7. The number of hydrogen-bond acceptors (Lipinski definition) is 2. The van der Waals surface area contributed by atoms with Crippen LogP contribution in [0.15, 0.2) is 188 Å². The van der Waals surface area contributed by atoms with Crippen molar-refractivity contribution in [2.45, 2.75) is 105 Å². The van der Waals surface area contributed by atoms with Gasteiger partial charge in [-0.2, -0.15) is 0 Å². The zero-order valence-electron chi connectivity index (χ0n) is 47.8. The number of benzene rings is 9. The first kappa shape index (κ1) is 49.1. The normalized spacial score (nSPS) is 13.3. The molecule has 79 heavy (non-hydrogen) atoms. The van der Waals surface area contributed by atoms with Crippen LogP contribution < -0.4 is 16.4 Å². The second kappa shape index (κ2) is 17.1. The molecule has 0 radical (unpaired) electrons. The Labute approximate surface area is 465 Å². The summed E-state index contributed by atoms with van der Waals surface area (Å²) in [7, 11) is 0. The molecule has 2 aliphatic rings. The first-order valence-corrected chi connectivity index (χ1v) is 28.3. The quantitative estimate of drug-likeness (QED) is 0.161. The predicted molar refractivity (Wildman–Crippen MR) is 337 cm³/mol. The molecule has 0 spiro atoms. The first-order valence-electron chi connectivity index (χ1n) is 28.3. The highest BCUT2D eigenvalue weighted by molar-refractivity contribution is 7.00. The molecule has 9 aromatic carbocycles. The predicted octanol–water partition coefficient (Wildman–Crippen LogP) is 17.3. The zero-order chi connectivity index (χ0) is 54.7. The van der Waals surface area contributed by atoms with E-state index in [1.54, 1.807) is 0 Å². The van der Waals surface area contributed by atoms with Crippen LogP contribution in [0.2, 0.25) is 0 Å². The van der Waals surface area contributed by atoms with Crippen LogP contribution in [0.5, 0.6) is 0 Å². The molecule has 5 heterocycles. The molecule has 0 fully saturated rings. The average molecular weight is 1020 g/mol. The Kier molecular flexibility index (Phi) is 10.6. The van der Waals surface area contributed by atoms with E-state index in [0.717, 1.165) is 28.1 Å². The molecule has 2 aliphatic heterocycles. The monoisotopic (exact) mass is 1020 g/mol. The van der Waals surface area contributed by atoms with Crippen LogP contribution in [0.4, 0.5) is 0 Å². The lowest BCUT2D eigenvalue weighted by Gasteiger charge is -2.35. The van der Waals surface area contributed by atoms with E-state index >= 15 is 0 Å². The summed E-state index contributed by atoms with van der Waals surface area (Å²) < 4.78 is 5.37. The molecule has 5 heteroatoms. The van der Waals surface area contributed by atoms with E-state index in [-0.39, 0.29) is 28.4 Å². The fraction of sp³-hybridized carbons (Fsp3) is 0.216. The van der Waals surface area contributed by atoms with Gasteiger partial charge in [-0.25, -0.2) is 9.97 Å². The molecule has 12 aromatic rings. The van der Waals surface area contributed by atoms with Gasteiger partial charge in [0.05, 0.1) is 22.4 Å². The summed E-state index contributed by atoms with van der Waals surface area (Å²) in [6, 6.07) is 70.7. The molecule has 0 aliphatic carbocycles. The minimum atomic E-state index is -0.162. The van der Waals surface area contributed by atoms with Crippen LogP contribution in [0.25, 0.3) is 111 Å².